The van der Waals surface area contributed by atoms with Crippen LogP contribution in [0.3, 0.4) is 0 Å². The monoisotopic (exact) mass is 235 g/mol. The van der Waals surface area contributed by atoms with Gasteiger partial charge in [0.2, 0.25) is 0 Å². The minimum atomic E-state index is -4.53. The molecule has 0 aliphatic carbocycles. The van der Waals surface area contributed by atoms with Crippen LogP contribution in [0.2, 0.25) is 0 Å². The number of alkyl halides is 3. The van der Waals surface area contributed by atoms with Crippen LogP contribution in [0, 0.1) is 0 Å². The number of halogens is 3. The van der Waals surface area contributed by atoms with E-state index in [1.165, 1.54) is 12.1 Å². The molecule has 0 aliphatic heterocycles. The Morgan fingerprint density at radius 1 is 1.44 bits per heavy atom. The Morgan fingerprint density at radius 2 is 2.06 bits per heavy atom. The maximum atomic E-state index is 12.3. The third-order valence-corrected chi connectivity index (χ3v) is 1.99. The summed E-state index contributed by atoms with van der Waals surface area (Å²) in [5, 5.41) is 9.39. The van der Waals surface area contributed by atoms with Gasteiger partial charge in [0.1, 0.15) is 6.04 Å². The summed E-state index contributed by atoms with van der Waals surface area (Å²) in [6, 6.07) is 1.31. The molecule has 0 spiro atoms. The lowest BCUT2D eigenvalue weighted by molar-refractivity contribution is -0.149. The molecule has 0 radical (unpaired) electrons. The highest BCUT2D eigenvalue weighted by Crippen LogP contribution is 2.35. The van der Waals surface area contributed by atoms with Crippen LogP contribution in [-0.4, -0.2) is 17.9 Å². The third kappa shape index (κ3) is 2.79. The number of hydrogen-bond acceptors (Lipinski definition) is 3. The molecule has 0 aromatic heterocycles. The molecule has 0 amide bonds. The zero-order valence-electron chi connectivity index (χ0n) is 8.58. The van der Waals surface area contributed by atoms with Crippen LogP contribution in [0.5, 0.6) is 11.5 Å². The molecule has 16 heavy (non-hydrogen) atoms. The van der Waals surface area contributed by atoms with E-state index in [1.807, 2.05) is 0 Å². The van der Waals surface area contributed by atoms with Gasteiger partial charge in [-0.05, 0) is 24.6 Å². The van der Waals surface area contributed by atoms with Crippen molar-refractivity contribution >= 4 is 0 Å². The second-order valence-electron chi connectivity index (χ2n) is 3.18. The molecule has 1 rings (SSSR count). The summed E-state index contributed by atoms with van der Waals surface area (Å²) in [4.78, 5) is 0. The number of benzene rings is 1. The van der Waals surface area contributed by atoms with E-state index in [0.717, 1.165) is 6.07 Å². The van der Waals surface area contributed by atoms with Crippen LogP contribution in [0.1, 0.15) is 18.5 Å². The van der Waals surface area contributed by atoms with Gasteiger partial charge in [-0.3, -0.25) is 0 Å². The number of hydrogen-bond donors (Lipinski definition) is 2. The predicted molar refractivity (Wildman–Crippen MR) is 52.3 cm³/mol. The van der Waals surface area contributed by atoms with Crippen LogP contribution >= 0.6 is 0 Å². The van der Waals surface area contributed by atoms with E-state index in [2.05, 4.69) is 0 Å². The number of rotatable bonds is 3. The molecular weight excluding hydrogens is 223 g/mol. The normalized spacial score (nSPS) is 13.6. The average Bonchev–Trinajstić information content (AvgIpc) is 2.19. The van der Waals surface area contributed by atoms with Crippen molar-refractivity contribution < 1.29 is 23.0 Å². The molecule has 0 saturated heterocycles. The Hall–Kier alpha value is -1.43. The first-order chi connectivity index (χ1) is 7.36. The van der Waals surface area contributed by atoms with Crippen molar-refractivity contribution in [1.29, 1.82) is 0 Å². The molecule has 0 saturated carbocycles. The van der Waals surface area contributed by atoms with Gasteiger partial charge in [0.15, 0.2) is 11.5 Å². The Balaban J connectivity index is 2.97. The van der Waals surface area contributed by atoms with Gasteiger partial charge in [0, 0.05) is 0 Å². The van der Waals surface area contributed by atoms with Crippen molar-refractivity contribution in [3.05, 3.63) is 23.8 Å². The van der Waals surface area contributed by atoms with Gasteiger partial charge >= 0.3 is 6.18 Å². The minimum absolute atomic E-state index is 0.139. The first-order valence-corrected chi connectivity index (χ1v) is 4.64. The van der Waals surface area contributed by atoms with Crippen LogP contribution in [0.25, 0.3) is 0 Å². The van der Waals surface area contributed by atoms with E-state index in [1.54, 1.807) is 6.92 Å². The zero-order valence-corrected chi connectivity index (χ0v) is 8.58. The lowest BCUT2D eigenvalue weighted by Gasteiger charge is -2.16. The Morgan fingerprint density at radius 3 is 2.50 bits per heavy atom. The molecule has 1 aromatic rings. The fourth-order valence-corrected chi connectivity index (χ4v) is 1.19. The van der Waals surface area contributed by atoms with Crippen LogP contribution < -0.4 is 10.5 Å². The molecule has 1 aromatic carbocycles. The molecular formula is C10H12F3NO2. The molecule has 0 fully saturated rings. The number of phenolic OH excluding ortho intramolecular Hbond substituents is 1. The Labute approximate surface area is 90.6 Å². The van der Waals surface area contributed by atoms with E-state index in [0.29, 0.717) is 6.61 Å². The van der Waals surface area contributed by atoms with E-state index in [4.69, 9.17) is 10.5 Å². The summed E-state index contributed by atoms with van der Waals surface area (Å²) in [7, 11) is 0. The van der Waals surface area contributed by atoms with Gasteiger partial charge in [-0.2, -0.15) is 13.2 Å². The maximum absolute atomic E-state index is 12.3. The second kappa shape index (κ2) is 4.61. The summed E-state index contributed by atoms with van der Waals surface area (Å²) in [6.07, 6.45) is -4.53. The number of ether oxygens (including phenoxy) is 1. The van der Waals surface area contributed by atoms with Crippen molar-refractivity contribution in [3.63, 3.8) is 0 Å². The smallest absolute Gasteiger partial charge is 0.407 e. The molecule has 1 atom stereocenters. The standard InChI is InChI=1S/C10H12F3NO2/c1-2-16-8-4-3-6(5-7(8)15)9(14)10(11,12)13/h3-5,9,15H,2,14H2,1H3. The van der Waals surface area contributed by atoms with E-state index in [-0.39, 0.29) is 17.1 Å². The molecule has 0 heterocycles. The molecule has 3 nitrogen and oxygen atoms in total. The Bertz CT molecular complexity index is 366. The SMILES string of the molecule is CCOc1ccc(C(N)C(F)(F)F)cc1O. The molecule has 1 unspecified atom stereocenters. The topological polar surface area (TPSA) is 55.5 Å². The summed E-state index contributed by atoms with van der Waals surface area (Å²) < 4.78 is 41.8. The minimum Gasteiger partial charge on any atom is -0.504 e. The highest BCUT2D eigenvalue weighted by Gasteiger charge is 2.38. The summed E-state index contributed by atoms with van der Waals surface area (Å²) in [5.41, 5.74) is 4.79. The van der Waals surface area contributed by atoms with Crippen molar-refractivity contribution in [1.82, 2.24) is 0 Å². The highest BCUT2D eigenvalue weighted by molar-refractivity contribution is 5.42. The summed E-state index contributed by atoms with van der Waals surface area (Å²) in [6.45, 7) is 2.02. The first kappa shape index (κ1) is 12.6. The third-order valence-electron chi connectivity index (χ3n) is 1.99. The number of aromatic hydroxyl groups is 1. The molecule has 6 heteroatoms. The lowest BCUT2D eigenvalue weighted by atomic mass is 10.1. The molecule has 0 bridgehead atoms. The Kier molecular flexibility index (Phi) is 3.64. The maximum Gasteiger partial charge on any atom is 0.407 e. The van der Waals surface area contributed by atoms with E-state index < -0.39 is 12.2 Å². The van der Waals surface area contributed by atoms with Crippen molar-refractivity contribution in [2.75, 3.05) is 6.61 Å². The molecule has 90 valence electrons. The van der Waals surface area contributed by atoms with Gasteiger partial charge in [0.25, 0.3) is 0 Å². The van der Waals surface area contributed by atoms with Crippen molar-refractivity contribution in [2.45, 2.75) is 19.1 Å². The second-order valence-corrected chi connectivity index (χ2v) is 3.18. The number of nitrogens with two attached hydrogens (primary N) is 1. The van der Waals surface area contributed by atoms with Gasteiger partial charge < -0.3 is 15.6 Å². The highest BCUT2D eigenvalue weighted by atomic mass is 19.4. The lowest BCUT2D eigenvalue weighted by Crippen LogP contribution is -2.28. The van der Waals surface area contributed by atoms with Crippen molar-refractivity contribution in [3.8, 4) is 11.5 Å². The van der Waals surface area contributed by atoms with Crippen LogP contribution in [0.15, 0.2) is 18.2 Å². The zero-order chi connectivity index (χ0) is 12.3. The summed E-state index contributed by atoms with van der Waals surface area (Å²) in [5.74, 6) is -0.209. The molecule has 0 aliphatic rings. The van der Waals surface area contributed by atoms with Gasteiger partial charge in [-0.25, -0.2) is 0 Å². The van der Waals surface area contributed by atoms with Crippen molar-refractivity contribution in [2.24, 2.45) is 5.73 Å². The predicted octanol–water partition coefficient (Wildman–Crippen LogP) is 2.35. The van der Waals surface area contributed by atoms with Gasteiger partial charge in [0.05, 0.1) is 6.61 Å². The van der Waals surface area contributed by atoms with Crippen LogP contribution in [0.4, 0.5) is 13.2 Å². The first-order valence-electron chi connectivity index (χ1n) is 4.64. The van der Waals surface area contributed by atoms with E-state index in [9.17, 15) is 18.3 Å². The summed E-state index contributed by atoms with van der Waals surface area (Å²) >= 11 is 0. The van der Waals surface area contributed by atoms with Crippen LogP contribution in [-0.2, 0) is 0 Å². The largest absolute Gasteiger partial charge is 0.504 e. The van der Waals surface area contributed by atoms with Gasteiger partial charge in [-0.1, -0.05) is 6.07 Å². The van der Waals surface area contributed by atoms with E-state index >= 15 is 0 Å². The quantitative estimate of drug-likeness (QED) is 0.845. The average molecular weight is 235 g/mol. The molecule has 3 N–H and O–H groups in total. The fourth-order valence-electron chi connectivity index (χ4n) is 1.19. The van der Waals surface area contributed by atoms with Gasteiger partial charge in [-0.15, -0.1) is 0 Å². The fraction of sp³-hybridized carbons (Fsp3) is 0.400. The number of phenols is 1.